The van der Waals surface area contributed by atoms with Gasteiger partial charge in [-0.2, -0.15) is 0 Å². The summed E-state index contributed by atoms with van der Waals surface area (Å²) < 4.78 is 1.81. The van der Waals surface area contributed by atoms with Crippen molar-refractivity contribution in [2.75, 3.05) is 5.32 Å². The number of nitrogens with one attached hydrogen (secondary N) is 1. The molecule has 2 heterocycles. The summed E-state index contributed by atoms with van der Waals surface area (Å²) in [7, 11) is 0. The average Bonchev–Trinajstić information content (AvgIpc) is 3.02. The molecular weight excluding hydrogens is 266 g/mol. The van der Waals surface area contributed by atoms with Crippen LogP contribution < -0.4 is 11.1 Å². The summed E-state index contributed by atoms with van der Waals surface area (Å²) in [5, 5.41) is 2.91. The Labute approximate surface area is 123 Å². The molecule has 1 fully saturated rings. The quantitative estimate of drug-likeness (QED) is 0.899. The van der Waals surface area contributed by atoms with E-state index >= 15 is 0 Å². The van der Waals surface area contributed by atoms with E-state index in [1.54, 1.807) is 18.7 Å². The summed E-state index contributed by atoms with van der Waals surface area (Å²) in [5.41, 5.74) is 6.73. The van der Waals surface area contributed by atoms with E-state index < -0.39 is 0 Å². The summed E-state index contributed by atoms with van der Waals surface area (Å²) in [5.74, 6) is 0.673. The number of hydrogen-bond acceptors (Lipinski definition) is 4. The number of anilines is 1. The first-order chi connectivity index (χ1) is 10.2. The summed E-state index contributed by atoms with van der Waals surface area (Å²) in [4.78, 5) is 20.6. The molecule has 1 aliphatic rings. The highest BCUT2D eigenvalue weighted by Gasteiger charge is 2.28. The Morgan fingerprint density at radius 3 is 2.86 bits per heavy atom. The Morgan fingerprint density at radius 1 is 1.33 bits per heavy atom. The third-order valence-electron chi connectivity index (χ3n) is 3.94. The van der Waals surface area contributed by atoms with Crippen LogP contribution in [0.2, 0.25) is 0 Å². The maximum absolute atomic E-state index is 12.3. The van der Waals surface area contributed by atoms with Crippen molar-refractivity contribution in [2.45, 2.75) is 31.7 Å². The van der Waals surface area contributed by atoms with Crippen LogP contribution in [0.3, 0.4) is 0 Å². The van der Waals surface area contributed by atoms with Crippen molar-refractivity contribution in [1.82, 2.24) is 14.5 Å². The summed E-state index contributed by atoms with van der Waals surface area (Å²) in [6, 6.07) is 3.66. The minimum Gasteiger partial charge on any atom is -0.327 e. The lowest BCUT2D eigenvalue weighted by molar-refractivity contribution is -0.121. The van der Waals surface area contributed by atoms with Crippen molar-refractivity contribution in [2.24, 2.45) is 11.7 Å². The third-order valence-corrected chi connectivity index (χ3v) is 3.94. The van der Waals surface area contributed by atoms with Crippen LogP contribution in [0, 0.1) is 5.92 Å². The van der Waals surface area contributed by atoms with Crippen molar-refractivity contribution in [3.63, 3.8) is 0 Å². The summed E-state index contributed by atoms with van der Waals surface area (Å²) >= 11 is 0. The van der Waals surface area contributed by atoms with Crippen LogP contribution in [0.4, 0.5) is 5.69 Å². The lowest BCUT2D eigenvalue weighted by atomic mass is 9.84. The van der Waals surface area contributed by atoms with Crippen molar-refractivity contribution in [3.8, 4) is 5.82 Å². The molecule has 0 saturated heterocycles. The molecule has 2 atom stereocenters. The molecule has 3 N–H and O–H groups in total. The molecule has 6 nitrogen and oxygen atoms in total. The maximum atomic E-state index is 12.3. The predicted molar refractivity (Wildman–Crippen MR) is 79.9 cm³/mol. The van der Waals surface area contributed by atoms with Gasteiger partial charge < -0.3 is 11.1 Å². The zero-order chi connectivity index (χ0) is 14.7. The van der Waals surface area contributed by atoms with E-state index in [0.717, 1.165) is 31.5 Å². The molecule has 2 unspecified atom stereocenters. The van der Waals surface area contributed by atoms with Gasteiger partial charge in [0.15, 0.2) is 0 Å². The molecule has 0 radical (unpaired) electrons. The van der Waals surface area contributed by atoms with Gasteiger partial charge in [0.2, 0.25) is 5.91 Å². The fourth-order valence-corrected chi connectivity index (χ4v) is 2.73. The van der Waals surface area contributed by atoms with E-state index in [1.165, 1.54) is 0 Å². The van der Waals surface area contributed by atoms with Gasteiger partial charge >= 0.3 is 0 Å². The minimum absolute atomic E-state index is 0.000573. The lowest BCUT2D eigenvalue weighted by Crippen LogP contribution is -2.40. The Hall–Kier alpha value is -2.21. The first-order valence-corrected chi connectivity index (χ1v) is 7.25. The number of imidazole rings is 1. The van der Waals surface area contributed by atoms with Crippen LogP contribution in [0.1, 0.15) is 25.7 Å². The van der Waals surface area contributed by atoms with Gasteiger partial charge in [-0.25, -0.2) is 9.97 Å². The number of nitrogens with zero attached hydrogens (tertiary/aromatic N) is 3. The molecular formula is C15H19N5O. The number of rotatable bonds is 3. The molecule has 1 aliphatic carbocycles. The number of hydrogen-bond donors (Lipinski definition) is 2. The van der Waals surface area contributed by atoms with Gasteiger partial charge in [0, 0.05) is 18.4 Å². The zero-order valence-corrected chi connectivity index (χ0v) is 11.8. The second-order valence-electron chi connectivity index (χ2n) is 5.42. The van der Waals surface area contributed by atoms with Gasteiger partial charge in [-0.05, 0) is 25.0 Å². The Kier molecular flexibility index (Phi) is 3.96. The Morgan fingerprint density at radius 2 is 2.19 bits per heavy atom. The van der Waals surface area contributed by atoms with Crippen LogP contribution >= 0.6 is 0 Å². The smallest absolute Gasteiger partial charge is 0.229 e. The zero-order valence-electron chi connectivity index (χ0n) is 11.8. The summed E-state index contributed by atoms with van der Waals surface area (Å²) in [6.45, 7) is 0. The van der Waals surface area contributed by atoms with Crippen molar-refractivity contribution < 1.29 is 4.79 Å². The monoisotopic (exact) mass is 285 g/mol. The molecule has 0 bridgehead atoms. The molecule has 3 rings (SSSR count). The first-order valence-electron chi connectivity index (χ1n) is 7.25. The number of pyridine rings is 1. The maximum Gasteiger partial charge on any atom is 0.229 e. The van der Waals surface area contributed by atoms with E-state index in [9.17, 15) is 4.79 Å². The lowest BCUT2D eigenvalue weighted by Gasteiger charge is -2.27. The van der Waals surface area contributed by atoms with Crippen molar-refractivity contribution in [1.29, 1.82) is 0 Å². The largest absolute Gasteiger partial charge is 0.327 e. The fourth-order valence-electron chi connectivity index (χ4n) is 2.73. The normalized spacial score (nSPS) is 22.0. The van der Waals surface area contributed by atoms with E-state index in [2.05, 4.69) is 15.3 Å². The van der Waals surface area contributed by atoms with Crippen molar-refractivity contribution in [3.05, 3.63) is 37.1 Å². The van der Waals surface area contributed by atoms with Crippen LogP contribution in [-0.2, 0) is 4.79 Å². The number of nitrogens with two attached hydrogens (primary N) is 1. The fraction of sp³-hybridized carbons (Fsp3) is 0.400. The standard InChI is InChI=1S/C15H19N5O/c16-13-4-2-1-3-12(13)15(21)19-11-5-6-14(18-9-11)20-8-7-17-10-20/h5-10,12-13H,1-4,16H2,(H,19,21). The molecule has 110 valence electrons. The highest BCUT2D eigenvalue weighted by atomic mass is 16.1. The number of aromatic nitrogens is 3. The highest BCUT2D eigenvalue weighted by molar-refractivity contribution is 5.92. The van der Waals surface area contributed by atoms with Gasteiger partial charge in [0.25, 0.3) is 0 Å². The number of amides is 1. The first kappa shape index (κ1) is 13.8. The molecule has 21 heavy (non-hydrogen) atoms. The molecule has 2 aromatic rings. The van der Waals surface area contributed by atoms with Crippen molar-refractivity contribution >= 4 is 11.6 Å². The third kappa shape index (κ3) is 3.11. The topological polar surface area (TPSA) is 85.8 Å². The van der Waals surface area contributed by atoms with E-state index in [0.29, 0.717) is 5.69 Å². The molecule has 1 saturated carbocycles. The van der Waals surface area contributed by atoms with Gasteiger partial charge in [-0.1, -0.05) is 12.8 Å². The van der Waals surface area contributed by atoms with E-state index in [-0.39, 0.29) is 17.9 Å². The van der Waals surface area contributed by atoms with Gasteiger partial charge in [-0.15, -0.1) is 0 Å². The van der Waals surface area contributed by atoms with Crippen LogP contribution in [0.25, 0.3) is 5.82 Å². The van der Waals surface area contributed by atoms with E-state index in [4.69, 9.17) is 5.73 Å². The van der Waals surface area contributed by atoms with Crippen LogP contribution in [-0.4, -0.2) is 26.5 Å². The highest BCUT2D eigenvalue weighted by Crippen LogP contribution is 2.24. The molecule has 6 heteroatoms. The van der Waals surface area contributed by atoms with Gasteiger partial charge in [0.05, 0.1) is 17.8 Å². The van der Waals surface area contributed by atoms with Gasteiger partial charge in [-0.3, -0.25) is 9.36 Å². The van der Waals surface area contributed by atoms with E-state index in [1.807, 2.05) is 22.9 Å². The van der Waals surface area contributed by atoms with Gasteiger partial charge in [0.1, 0.15) is 12.1 Å². The average molecular weight is 285 g/mol. The predicted octanol–water partition coefficient (Wildman–Crippen LogP) is 1.72. The molecule has 0 spiro atoms. The Bertz CT molecular complexity index is 593. The second-order valence-corrected chi connectivity index (χ2v) is 5.42. The molecule has 1 amide bonds. The second kappa shape index (κ2) is 6.05. The molecule has 0 aliphatic heterocycles. The summed E-state index contributed by atoms with van der Waals surface area (Å²) in [6.07, 6.45) is 10.8. The Balaban J connectivity index is 1.66. The number of carbonyl (C=O) groups is 1. The SMILES string of the molecule is NC1CCCCC1C(=O)Nc1ccc(-n2ccnc2)nc1. The molecule has 2 aromatic heterocycles. The van der Waals surface area contributed by atoms with Crippen LogP contribution in [0.15, 0.2) is 37.1 Å². The molecule has 0 aromatic carbocycles. The number of carbonyl (C=O) groups excluding carboxylic acids is 1. The minimum atomic E-state index is -0.0907. The van der Waals surface area contributed by atoms with Crippen LogP contribution in [0.5, 0.6) is 0 Å².